The summed E-state index contributed by atoms with van der Waals surface area (Å²) >= 11 is 12.0. The van der Waals surface area contributed by atoms with E-state index in [4.69, 9.17) is 33.0 Å². The Balaban J connectivity index is 2.32. The molecule has 0 fully saturated rings. The standard InChI is InChI=1S/C12H9Cl2N3O3/c1-20-12-15-5-8(14)10(17-12)16-9-3-2-6(11(18)19)4-7(9)13/h2-5H,1H3,(H,18,19)(H,15,16,17). The molecule has 2 N–H and O–H groups in total. The lowest BCUT2D eigenvalue weighted by Crippen LogP contribution is -2.01. The first kappa shape index (κ1) is 14.4. The van der Waals surface area contributed by atoms with Gasteiger partial charge in [0, 0.05) is 0 Å². The minimum Gasteiger partial charge on any atom is -0.478 e. The quantitative estimate of drug-likeness (QED) is 0.901. The maximum atomic E-state index is 10.8. The fraction of sp³-hybridized carbons (Fsp3) is 0.0833. The summed E-state index contributed by atoms with van der Waals surface area (Å²) in [5, 5.41) is 12.3. The summed E-state index contributed by atoms with van der Waals surface area (Å²) in [5.74, 6) is -0.747. The van der Waals surface area contributed by atoms with Crippen LogP contribution in [0.1, 0.15) is 10.4 Å². The summed E-state index contributed by atoms with van der Waals surface area (Å²) in [6, 6.07) is 4.42. The van der Waals surface area contributed by atoms with Crippen LogP contribution in [0.2, 0.25) is 10.0 Å². The van der Waals surface area contributed by atoms with E-state index in [1.807, 2.05) is 0 Å². The van der Waals surface area contributed by atoms with Gasteiger partial charge in [0.25, 0.3) is 0 Å². The van der Waals surface area contributed by atoms with Crippen LogP contribution in [-0.2, 0) is 0 Å². The van der Waals surface area contributed by atoms with Gasteiger partial charge in [-0.25, -0.2) is 9.78 Å². The van der Waals surface area contributed by atoms with Crippen molar-refractivity contribution >= 4 is 40.7 Å². The fourth-order valence-corrected chi connectivity index (χ4v) is 1.78. The lowest BCUT2D eigenvalue weighted by molar-refractivity contribution is 0.0697. The maximum Gasteiger partial charge on any atom is 0.335 e. The Kier molecular flexibility index (Phi) is 4.26. The molecule has 6 nitrogen and oxygen atoms in total. The molecule has 2 rings (SSSR count). The number of rotatable bonds is 4. The summed E-state index contributed by atoms with van der Waals surface area (Å²) in [6.45, 7) is 0. The van der Waals surface area contributed by atoms with Crippen LogP contribution in [0, 0.1) is 0 Å². The molecule has 20 heavy (non-hydrogen) atoms. The third-order valence-corrected chi connectivity index (χ3v) is 2.96. The van der Waals surface area contributed by atoms with E-state index in [0.29, 0.717) is 11.5 Å². The van der Waals surface area contributed by atoms with Gasteiger partial charge in [0.1, 0.15) is 5.02 Å². The summed E-state index contributed by atoms with van der Waals surface area (Å²) in [5.41, 5.74) is 0.561. The Morgan fingerprint density at radius 3 is 2.70 bits per heavy atom. The molecule has 1 aromatic heterocycles. The molecule has 8 heteroatoms. The number of aromatic carboxylic acids is 1. The monoisotopic (exact) mass is 313 g/mol. The zero-order valence-corrected chi connectivity index (χ0v) is 11.7. The number of nitrogens with zero attached hydrogens (tertiary/aromatic N) is 2. The topological polar surface area (TPSA) is 84.3 Å². The number of ether oxygens (including phenoxy) is 1. The van der Waals surface area contributed by atoms with E-state index < -0.39 is 5.97 Å². The lowest BCUT2D eigenvalue weighted by atomic mass is 10.2. The highest BCUT2D eigenvalue weighted by molar-refractivity contribution is 6.34. The number of nitrogens with one attached hydrogen (secondary N) is 1. The van der Waals surface area contributed by atoms with Crippen LogP contribution in [0.5, 0.6) is 6.01 Å². The van der Waals surface area contributed by atoms with Gasteiger partial charge in [-0.2, -0.15) is 4.98 Å². The van der Waals surface area contributed by atoms with E-state index in [0.717, 1.165) is 0 Å². The number of carboxylic acids is 1. The zero-order chi connectivity index (χ0) is 14.7. The number of carboxylic acid groups (broad SMARTS) is 1. The Morgan fingerprint density at radius 1 is 1.35 bits per heavy atom. The van der Waals surface area contributed by atoms with Crippen molar-refractivity contribution in [2.75, 3.05) is 12.4 Å². The van der Waals surface area contributed by atoms with Crippen molar-refractivity contribution in [1.82, 2.24) is 9.97 Å². The highest BCUT2D eigenvalue weighted by Crippen LogP contribution is 2.29. The molecule has 0 saturated heterocycles. The van der Waals surface area contributed by atoms with E-state index in [-0.39, 0.29) is 21.6 Å². The molecular weight excluding hydrogens is 305 g/mol. The van der Waals surface area contributed by atoms with Crippen molar-refractivity contribution in [1.29, 1.82) is 0 Å². The molecule has 0 saturated carbocycles. The van der Waals surface area contributed by atoms with Gasteiger partial charge in [0.05, 0.1) is 29.6 Å². The summed E-state index contributed by atoms with van der Waals surface area (Å²) < 4.78 is 4.90. The van der Waals surface area contributed by atoms with E-state index >= 15 is 0 Å². The highest BCUT2D eigenvalue weighted by atomic mass is 35.5. The summed E-state index contributed by atoms with van der Waals surface area (Å²) in [6.07, 6.45) is 1.38. The zero-order valence-electron chi connectivity index (χ0n) is 10.2. The fourth-order valence-electron chi connectivity index (χ4n) is 1.41. The van der Waals surface area contributed by atoms with Crippen molar-refractivity contribution in [2.24, 2.45) is 0 Å². The van der Waals surface area contributed by atoms with E-state index in [1.165, 1.54) is 31.5 Å². The minimum absolute atomic E-state index is 0.0897. The first-order chi connectivity index (χ1) is 9.51. The van der Waals surface area contributed by atoms with Gasteiger partial charge >= 0.3 is 12.0 Å². The van der Waals surface area contributed by atoms with Crippen LogP contribution in [0.25, 0.3) is 0 Å². The summed E-state index contributed by atoms with van der Waals surface area (Å²) in [7, 11) is 1.43. The lowest BCUT2D eigenvalue weighted by Gasteiger charge is -2.10. The first-order valence-corrected chi connectivity index (χ1v) is 6.13. The van der Waals surface area contributed by atoms with Gasteiger partial charge in [-0.3, -0.25) is 0 Å². The van der Waals surface area contributed by atoms with Crippen molar-refractivity contribution in [2.45, 2.75) is 0 Å². The number of hydrogen-bond acceptors (Lipinski definition) is 5. The van der Waals surface area contributed by atoms with Crippen molar-refractivity contribution in [3.63, 3.8) is 0 Å². The minimum atomic E-state index is -1.06. The molecule has 0 unspecified atom stereocenters. The Hall–Kier alpha value is -2.05. The Labute approximate surface area is 124 Å². The number of benzene rings is 1. The number of halogens is 2. The molecule has 1 heterocycles. The predicted molar refractivity (Wildman–Crippen MR) is 75.3 cm³/mol. The van der Waals surface area contributed by atoms with Gasteiger partial charge in [0.2, 0.25) is 0 Å². The van der Waals surface area contributed by atoms with Gasteiger partial charge < -0.3 is 15.2 Å². The van der Waals surface area contributed by atoms with Crippen LogP contribution < -0.4 is 10.1 Å². The van der Waals surface area contributed by atoms with E-state index in [1.54, 1.807) is 0 Å². The van der Waals surface area contributed by atoms with Crippen LogP contribution in [0.4, 0.5) is 11.5 Å². The SMILES string of the molecule is COc1ncc(Cl)c(Nc2ccc(C(=O)O)cc2Cl)n1. The molecule has 1 aromatic carbocycles. The predicted octanol–water partition coefficient (Wildman–Crippen LogP) is 3.23. The van der Waals surface area contributed by atoms with Crippen LogP contribution >= 0.6 is 23.2 Å². The second-order valence-electron chi connectivity index (χ2n) is 3.68. The molecule has 0 amide bonds. The molecule has 0 spiro atoms. The molecule has 0 aliphatic heterocycles. The number of aromatic nitrogens is 2. The molecular formula is C12H9Cl2N3O3. The van der Waals surface area contributed by atoms with Gasteiger partial charge in [-0.05, 0) is 18.2 Å². The number of methoxy groups -OCH3 is 1. The molecule has 0 aliphatic carbocycles. The second kappa shape index (κ2) is 5.94. The van der Waals surface area contributed by atoms with Crippen molar-refractivity contribution < 1.29 is 14.6 Å². The van der Waals surface area contributed by atoms with Crippen LogP contribution in [-0.4, -0.2) is 28.2 Å². The van der Waals surface area contributed by atoms with Crippen LogP contribution in [0.15, 0.2) is 24.4 Å². The molecule has 0 bridgehead atoms. The molecule has 0 radical (unpaired) electrons. The van der Waals surface area contributed by atoms with Gasteiger partial charge in [-0.15, -0.1) is 0 Å². The van der Waals surface area contributed by atoms with Gasteiger partial charge in [0.15, 0.2) is 5.82 Å². The van der Waals surface area contributed by atoms with Crippen LogP contribution in [0.3, 0.4) is 0 Å². The smallest absolute Gasteiger partial charge is 0.335 e. The summed E-state index contributed by atoms with van der Waals surface area (Å²) in [4.78, 5) is 18.7. The Bertz CT molecular complexity index is 664. The number of hydrogen-bond donors (Lipinski definition) is 2. The maximum absolute atomic E-state index is 10.8. The van der Waals surface area contributed by atoms with E-state index in [2.05, 4.69) is 15.3 Å². The third-order valence-electron chi connectivity index (χ3n) is 2.37. The van der Waals surface area contributed by atoms with Crippen molar-refractivity contribution in [3.05, 3.63) is 40.0 Å². The van der Waals surface area contributed by atoms with Crippen molar-refractivity contribution in [3.8, 4) is 6.01 Å². The molecule has 0 aliphatic rings. The van der Waals surface area contributed by atoms with E-state index in [9.17, 15) is 4.79 Å². The third kappa shape index (κ3) is 3.09. The number of anilines is 2. The average Bonchev–Trinajstić information content (AvgIpc) is 2.43. The first-order valence-electron chi connectivity index (χ1n) is 5.37. The average molecular weight is 314 g/mol. The normalized spacial score (nSPS) is 10.2. The molecule has 0 atom stereocenters. The molecule has 104 valence electrons. The highest BCUT2D eigenvalue weighted by Gasteiger charge is 2.10. The Morgan fingerprint density at radius 2 is 2.10 bits per heavy atom. The van der Waals surface area contributed by atoms with Gasteiger partial charge in [-0.1, -0.05) is 23.2 Å². The number of carbonyl (C=O) groups is 1. The second-order valence-corrected chi connectivity index (χ2v) is 4.49. The largest absolute Gasteiger partial charge is 0.478 e. The molecule has 2 aromatic rings.